The van der Waals surface area contributed by atoms with Gasteiger partial charge in [0.1, 0.15) is 0 Å². The molecule has 146 valence electrons. The Morgan fingerprint density at radius 3 is 2.58 bits per heavy atom. The third kappa shape index (κ3) is 5.63. The van der Waals surface area contributed by atoms with Gasteiger partial charge in [0, 0.05) is 17.1 Å². The molecule has 1 atom stereocenters. The highest BCUT2D eigenvalue weighted by Gasteiger charge is 2.32. The normalized spacial score (nSPS) is 17.9. The number of aliphatic hydroxyl groups is 2. The fourth-order valence-corrected chi connectivity index (χ4v) is 5.02. The van der Waals surface area contributed by atoms with Crippen molar-refractivity contribution < 1.29 is 19.7 Å². The van der Waals surface area contributed by atoms with E-state index in [2.05, 4.69) is 26.8 Å². The van der Waals surface area contributed by atoms with Crippen LogP contribution < -0.4 is 5.73 Å². The Hall–Kier alpha value is -1.24. The number of carbonyl (C=O) groups excluding carboxylic acids is 1. The predicted molar refractivity (Wildman–Crippen MR) is 104 cm³/mol. The van der Waals surface area contributed by atoms with Gasteiger partial charge in [0.2, 0.25) is 0 Å². The van der Waals surface area contributed by atoms with Gasteiger partial charge < -0.3 is 20.7 Å². The molecule has 1 amide bonds. The van der Waals surface area contributed by atoms with E-state index in [1.54, 1.807) is 11.8 Å². The van der Waals surface area contributed by atoms with E-state index < -0.39 is 17.8 Å². The average molecular weight is 382 g/mol. The number of hydrogen-bond donors (Lipinski definition) is 3. The lowest BCUT2D eigenvalue weighted by Crippen LogP contribution is -2.27. The minimum atomic E-state index is -0.831. The molecule has 1 aromatic carbocycles. The number of primary amides is 1. The Labute approximate surface area is 160 Å². The monoisotopic (exact) mass is 381 g/mol. The first-order chi connectivity index (χ1) is 12.1. The summed E-state index contributed by atoms with van der Waals surface area (Å²) in [4.78, 5) is 11.8. The Morgan fingerprint density at radius 2 is 2.00 bits per heavy atom. The third-order valence-corrected chi connectivity index (χ3v) is 6.17. The summed E-state index contributed by atoms with van der Waals surface area (Å²) in [6.45, 7) is 6.43. The van der Waals surface area contributed by atoms with Crippen molar-refractivity contribution in [3.63, 3.8) is 0 Å². The van der Waals surface area contributed by atoms with Crippen LogP contribution in [0.5, 0.6) is 0 Å². The van der Waals surface area contributed by atoms with E-state index in [-0.39, 0.29) is 12.0 Å². The maximum Gasteiger partial charge on any atom is 0.404 e. The number of ether oxygens (including phenoxy) is 1. The quantitative estimate of drug-likeness (QED) is 0.623. The molecule has 0 bridgehead atoms. The number of thioether (sulfide) groups is 1. The summed E-state index contributed by atoms with van der Waals surface area (Å²) in [5.74, 6) is 0.667. The molecule has 5 nitrogen and oxygen atoms in total. The molecule has 0 saturated heterocycles. The van der Waals surface area contributed by atoms with Crippen molar-refractivity contribution >= 4 is 17.9 Å². The molecule has 0 radical (unpaired) electrons. The molecule has 0 spiro atoms. The van der Waals surface area contributed by atoms with Crippen molar-refractivity contribution in [3.8, 4) is 0 Å². The van der Waals surface area contributed by atoms with Crippen LogP contribution in [0.3, 0.4) is 0 Å². The maximum absolute atomic E-state index is 10.7. The van der Waals surface area contributed by atoms with Crippen LogP contribution in [0.1, 0.15) is 70.1 Å². The molecule has 0 heterocycles. The minimum absolute atomic E-state index is 0.0806. The average Bonchev–Trinajstić information content (AvgIpc) is 2.98. The first-order valence-corrected chi connectivity index (χ1v) is 10.2. The van der Waals surface area contributed by atoms with Crippen LogP contribution in [0.15, 0.2) is 23.1 Å². The molecule has 1 unspecified atom stereocenters. The van der Waals surface area contributed by atoms with Crippen molar-refractivity contribution in [1.82, 2.24) is 0 Å². The van der Waals surface area contributed by atoms with Gasteiger partial charge in [-0.25, -0.2) is 4.79 Å². The SMILES string of the molecule is CC(C)(C)c1c(SCC2(O)CCCC2)cccc1C(O)CCOC(N)=O. The van der Waals surface area contributed by atoms with Crippen LogP contribution >= 0.6 is 11.8 Å². The lowest BCUT2D eigenvalue weighted by molar-refractivity contribution is 0.0732. The largest absolute Gasteiger partial charge is 0.450 e. The van der Waals surface area contributed by atoms with Crippen LogP contribution in [-0.2, 0) is 10.2 Å². The Balaban J connectivity index is 2.21. The molecule has 1 aliphatic carbocycles. The van der Waals surface area contributed by atoms with Gasteiger partial charge in [-0.15, -0.1) is 11.8 Å². The third-order valence-electron chi connectivity index (χ3n) is 4.83. The molecule has 26 heavy (non-hydrogen) atoms. The smallest absolute Gasteiger partial charge is 0.404 e. The second-order valence-electron chi connectivity index (χ2n) is 8.16. The summed E-state index contributed by atoms with van der Waals surface area (Å²) in [5, 5.41) is 21.3. The van der Waals surface area contributed by atoms with Gasteiger partial charge in [-0.2, -0.15) is 0 Å². The number of carbonyl (C=O) groups is 1. The summed E-state index contributed by atoms with van der Waals surface area (Å²) in [6, 6.07) is 5.91. The molecular weight excluding hydrogens is 350 g/mol. The summed E-state index contributed by atoms with van der Waals surface area (Å²) >= 11 is 1.66. The summed E-state index contributed by atoms with van der Waals surface area (Å²) in [5.41, 5.74) is 6.16. The number of benzene rings is 1. The van der Waals surface area contributed by atoms with E-state index in [0.717, 1.165) is 41.7 Å². The zero-order chi connectivity index (χ0) is 19.4. The lowest BCUT2D eigenvalue weighted by atomic mass is 9.82. The van der Waals surface area contributed by atoms with Gasteiger partial charge in [0.05, 0.1) is 18.3 Å². The Bertz CT molecular complexity index is 621. The van der Waals surface area contributed by atoms with Crippen molar-refractivity contribution in [3.05, 3.63) is 29.3 Å². The van der Waals surface area contributed by atoms with Crippen LogP contribution in [0, 0.1) is 0 Å². The number of nitrogens with two attached hydrogens (primary N) is 1. The van der Waals surface area contributed by atoms with Crippen molar-refractivity contribution in [2.45, 2.75) is 74.9 Å². The van der Waals surface area contributed by atoms with E-state index in [1.165, 1.54) is 0 Å². The molecule has 6 heteroatoms. The van der Waals surface area contributed by atoms with Crippen molar-refractivity contribution in [2.75, 3.05) is 12.4 Å². The number of rotatable bonds is 7. The van der Waals surface area contributed by atoms with Crippen LogP contribution in [0.25, 0.3) is 0 Å². The van der Waals surface area contributed by atoms with Gasteiger partial charge in [-0.05, 0) is 35.4 Å². The molecular formula is C20H31NO4S. The fraction of sp³-hybridized carbons (Fsp3) is 0.650. The van der Waals surface area contributed by atoms with Gasteiger partial charge in [0.15, 0.2) is 0 Å². The number of amides is 1. The molecule has 1 saturated carbocycles. The second-order valence-corrected chi connectivity index (χ2v) is 9.18. The molecule has 1 aliphatic rings. The van der Waals surface area contributed by atoms with Gasteiger partial charge in [0.25, 0.3) is 0 Å². The maximum atomic E-state index is 10.7. The Kier molecular flexibility index (Phi) is 6.99. The zero-order valence-corrected chi connectivity index (χ0v) is 16.8. The van der Waals surface area contributed by atoms with E-state index in [9.17, 15) is 15.0 Å². The van der Waals surface area contributed by atoms with E-state index >= 15 is 0 Å². The van der Waals surface area contributed by atoms with Crippen LogP contribution in [0.4, 0.5) is 4.79 Å². The predicted octanol–water partition coefficient (Wildman–Crippen LogP) is 3.90. The van der Waals surface area contributed by atoms with Crippen LogP contribution in [-0.4, -0.2) is 34.3 Å². The van der Waals surface area contributed by atoms with Gasteiger partial charge >= 0.3 is 6.09 Å². The highest BCUT2D eigenvalue weighted by Crippen LogP contribution is 2.41. The van der Waals surface area contributed by atoms with Crippen LogP contribution in [0.2, 0.25) is 0 Å². The summed E-state index contributed by atoms with van der Waals surface area (Å²) < 4.78 is 4.76. The standard InChI is InChI=1S/C20H31NO4S/c1-19(2,3)17-14(15(22)9-12-25-18(21)23)7-6-8-16(17)26-13-20(24)10-4-5-11-20/h6-8,15,22,24H,4-5,9-13H2,1-3H3,(H2,21,23). The van der Waals surface area contributed by atoms with E-state index in [0.29, 0.717) is 12.2 Å². The highest BCUT2D eigenvalue weighted by atomic mass is 32.2. The number of aliphatic hydroxyl groups excluding tert-OH is 1. The molecule has 0 aliphatic heterocycles. The molecule has 0 aromatic heterocycles. The highest BCUT2D eigenvalue weighted by molar-refractivity contribution is 7.99. The van der Waals surface area contributed by atoms with Gasteiger partial charge in [-0.3, -0.25) is 0 Å². The Morgan fingerprint density at radius 1 is 1.35 bits per heavy atom. The minimum Gasteiger partial charge on any atom is -0.450 e. The molecule has 2 rings (SSSR count). The van der Waals surface area contributed by atoms with Crippen molar-refractivity contribution in [2.24, 2.45) is 5.73 Å². The molecule has 1 fully saturated rings. The second kappa shape index (κ2) is 8.63. The topological polar surface area (TPSA) is 92.8 Å². The summed E-state index contributed by atoms with van der Waals surface area (Å²) in [6.07, 6.45) is 2.61. The summed E-state index contributed by atoms with van der Waals surface area (Å²) in [7, 11) is 0. The first-order valence-electron chi connectivity index (χ1n) is 9.21. The lowest BCUT2D eigenvalue weighted by Gasteiger charge is -2.29. The zero-order valence-electron chi connectivity index (χ0n) is 16.0. The van der Waals surface area contributed by atoms with E-state index in [1.807, 2.05) is 12.1 Å². The van der Waals surface area contributed by atoms with Crippen molar-refractivity contribution in [1.29, 1.82) is 0 Å². The van der Waals surface area contributed by atoms with Gasteiger partial charge in [-0.1, -0.05) is 45.7 Å². The molecule has 4 N–H and O–H groups in total. The number of hydrogen-bond acceptors (Lipinski definition) is 5. The van der Waals surface area contributed by atoms with E-state index in [4.69, 9.17) is 10.5 Å². The molecule has 1 aromatic rings. The fourth-order valence-electron chi connectivity index (χ4n) is 3.56. The first kappa shape index (κ1) is 21.1.